The van der Waals surface area contributed by atoms with Crippen molar-refractivity contribution in [3.05, 3.63) is 108 Å². The lowest BCUT2D eigenvalue weighted by atomic mass is 10.1. The normalized spacial score (nSPS) is 11.0. The maximum Gasteiger partial charge on any atom is 0.261 e. The van der Waals surface area contributed by atoms with Crippen LogP contribution in [0.25, 0.3) is 23.0 Å². The molecule has 2 aromatic carbocycles. The van der Waals surface area contributed by atoms with Crippen LogP contribution in [0.2, 0.25) is 0 Å². The molecule has 2 aromatic heterocycles. The van der Waals surface area contributed by atoms with Gasteiger partial charge in [-0.15, -0.1) is 0 Å². The minimum Gasteiger partial charge on any atom is -0.351 e. The maximum atomic E-state index is 12.7. The molecule has 156 valence electrons. The van der Waals surface area contributed by atoms with Gasteiger partial charge >= 0.3 is 0 Å². The molecule has 4 rings (SSSR count). The van der Waals surface area contributed by atoms with Gasteiger partial charge in [-0.25, -0.2) is 4.68 Å². The van der Waals surface area contributed by atoms with Gasteiger partial charge in [-0.05, 0) is 42.3 Å². The van der Waals surface area contributed by atoms with Crippen LogP contribution in [0.15, 0.2) is 97.0 Å². The Kier molecular flexibility index (Phi) is 6.49. The molecule has 0 saturated carbocycles. The summed E-state index contributed by atoms with van der Waals surface area (Å²) in [6, 6.07) is 25.3. The number of pyridine rings is 1. The number of hydrogen-bond donors (Lipinski definition) is 1. The molecule has 1 amide bonds. The fourth-order valence-electron chi connectivity index (χ4n) is 3.30. The van der Waals surface area contributed by atoms with E-state index in [1.54, 1.807) is 23.2 Å². The minimum atomic E-state index is -0.406. The molecule has 0 aliphatic carbocycles. The first-order valence-electron chi connectivity index (χ1n) is 10.2. The van der Waals surface area contributed by atoms with E-state index in [1.165, 1.54) is 0 Å². The number of hydrogen-bond acceptors (Lipinski definition) is 4. The van der Waals surface area contributed by atoms with Gasteiger partial charge in [0.2, 0.25) is 0 Å². The fourth-order valence-corrected chi connectivity index (χ4v) is 3.30. The number of carbonyl (C=O) groups excluding carboxylic acids is 1. The first kappa shape index (κ1) is 20.8. The summed E-state index contributed by atoms with van der Waals surface area (Å²) in [5.41, 5.74) is 4.23. The van der Waals surface area contributed by atoms with E-state index in [1.807, 2.05) is 85.1 Å². The topological polar surface area (TPSA) is 83.6 Å². The summed E-state index contributed by atoms with van der Waals surface area (Å²) < 4.78 is 1.74. The average Bonchev–Trinajstić information content (AvgIpc) is 3.28. The Morgan fingerprint density at radius 1 is 1.00 bits per heavy atom. The monoisotopic (exact) mass is 419 g/mol. The molecule has 0 saturated heterocycles. The van der Waals surface area contributed by atoms with Crippen molar-refractivity contribution < 1.29 is 4.79 Å². The highest BCUT2D eigenvalue weighted by Crippen LogP contribution is 2.25. The molecule has 32 heavy (non-hydrogen) atoms. The van der Waals surface area contributed by atoms with Crippen molar-refractivity contribution in [3.8, 4) is 23.0 Å². The Bertz CT molecular complexity index is 1260. The number of benzene rings is 2. The number of nitrogens with zero attached hydrogens (tertiary/aromatic N) is 4. The van der Waals surface area contributed by atoms with Crippen molar-refractivity contribution in [1.29, 1.82) is 5.26 Å². The Balaban J connectivity index is 1.60. The van der Waals surface area contributed by atoms with Crippen LogP contribution in [0.5, 0.6) is 0 Å². The summed E-state index contributed by atoms with van der Waals surface area (Å²) in [7, 11) is 0. The third-order valence-electron chi connectivity index (χ3n) is 4.92. The molecule has 0 spiro atoms. The van der Waals surface area contributed by atoms with Crippen molar-refractivity contribution in [2.45, 2.75) is 6.42 Å². The number of para-hydroxylation sites is 1. The molecule has 6 heteroatoms. The van der Waals surface area contributed by atoms with Gasteiger partial charge in [0.15, 0.2) is 0 Å². The number of carbonyl (C=O) groups is 1. The van der Waals surface area contributed by atoms with E-state index in [-0.39, 0.29) is 5.57 Å². The van der Waals surface area contributed by atoms with E-state index in [0.29, 0.717) is 24.2 Å². The molecular weight excluding hydrogens is 398 g/mol. The lowest BCUT2D eigenvalue weighted by Crippen LogP contribution is -2.26. The molecule has 4 aromatic rings. The van der Waals surface area contributed by atoms with E-state index in [0.717, 1.165) is 16.8 Å². The molecule has 0 unspecified atom stereocenters. The molecular formula is C26H21N5O. The summed E-state index contributed by atoms with van der Waals surface area (Å²) in [5.74, 6) is -0.406. The van der Waals surface area contributed by atoms with Gasteiger partial charge in [-0.1, -0.05) is 48.5 Å². The molecule has 0 bridgehead atoms. The Morgan fingerprint density at radius 3 is 2.38 bits per heavy atom. The first-order chi connectivity index (χ1) is 15.7. The number of aromatic nitrogens is 3. The van der Waals surface area contributed by atoms with Crippen LogP contribution in [0.4, 0.5) is 0 Å². The Morgan fingerprint density at radius 2 is 1.69 bits per heavy atom. The van der Waals surface area contributed by atoms with Gasteiger partial charge in [0.25, 0.3) is 5.91 Å². The van der Waals surface area contributed by atoms with Gasteiger partial charge in [0.1, 0.15) is 17.3 Å². The van der Waals surface area contributed by atoms with Crippen molar-refractivity contribution >= 4 is 12.0 Å². The summed E-state index contributed by atoms with van der Waals surface area (Å²) in [5, 5.41) is 17.2. The van der Waals surface area contributed by atoms with Gasteiger partial charge < -0.3 is 5.32 Å². The zero-order valence-electron chi connectivity index (χ0n) is 17.3. The molecule has 0 fully saturated rings. The second-order valence-electron chi connectivity index (χ2n) is 7.11. The lowest BCUT2D eigenvalue weighted by molar-refractivity contribution is -0.117. The van der Waals surface area contributed by atoms with Crippen LogP contribution >= 0.6 is 0 Å². The zero-order valence-corrected chi connectivity index (χ0v) is 17.3. The highest BCUT2D eigenvalue weighted by Gasteiger charge is 2.15. The zero-order chi connectivity index (χ0) is 22.2. The van der Waals surface area contributed by atoms with Gasteiger partial charge in [0, 0.05) is 36.3 Å². The van der Waals surface area contributed by atoms with E-state index >= 15 is 0 Å². The Hall–Kier alpha value is -4.50. The molecule has 0 aliphatic heterocycles. The maximum absolute atomic E-state index is 12.7. The predicted octanol–water partition coefficient (Wildman–Crippen LogP) is 4.20. The van der Waals surface area contributed by atoms with Gasteiger partial charge in [0.05, 0.1) is 5.69 Å². The van der Waals surface area contributed by atoms with E-state index in [4.69, 9.17) is 5.10 Å². The SMILES string of the molecule is N#C/C(=C/c1cn(-c2ccccc2)nc1-c1ccncc1)C(=O)NCCc1ccccc1. The van der Waals surface area contributed by atoms with Gasteiger partial charge in [-0.3, -0.25) is 9.78 Å². The van der Waals surface area contributed by atoms with Crippen LogP contribution < -0.4 is 5.32 Å². The number of nitrogens with one attached hydrogen (secondary N) is 1. The summed E-state index contributed by atoms with van der Waals surface area (Å²) >= 11 is 0. The van der Waals surface area contributed by atoms with Crippen LogP contribution in [0, 0.1) is 11.3 Å². The molecule has 2 heterocycles. The largest absolute Gasteiger partial charge is 0.351 e. The molecule has 6 nitrogen and oxygen atoms in total. The lowest BCUT2D eigenvalue weighted by Gasteiger charge is -2.05. The third-order valence-corrected chi connectivity index (χ3v) is 4.92. The van der Waals surface area contributed by atoms with E-state index in [2.05, 4.69) is 10.3 Å². The van der Waals surface area contributed by atoms with Crippen LogP contribution in [-0.4, -0.2) is 27.2 Å². The highest BCUT2D eigenvalue weighted by atomic mass is 16.1. The number of nitriles is 1. The van der Waals surface area contributed by atoms with Crippen molar-refractivity contribution in [2.75, 3.05) is 6.54 Å². The smallest absolute Gasteiger partial charge is 0.261 e. The second-order valence-corrected chi connectivity index (χ2v) is 7.11. The third kappa shape index (κ3) is 4.97. The quantitative estimate of drug-likeness (QED) is 0.359. The molecule has 0 atom stereocenters. The van der Waals surface area contributed by atoms with Crippen LogP contribution in [0.3, 0.4) is 0 Å². The first-order valence-corrected chi connectivity index (χ1v) is 10.2. The van der Waals surface area contributed by atoms with Crippen molar-refractivity contribution in [1.82, 2.24) is 20.1 Å². The molecule has 1 N–H and O–H groups in total. The van der Waals surface area contributed by atoms with Crippen molar-refractivity contribution in [2.24, 2.45) is 0 Å². The number of rotatable bonds is 7. The second kappa shape index (κ2) is 10.0. The van der Waals surface area contributed by atoms with Gasteiger partial charge in [-0.2, -0.15) is 10.4 Å². The average molecular weight is 419 g/mol. The number of amides is 1. The minimum absolute atomic E-state index is 0.0287. The van der Waals surface area contributed by atoms with Crippen LogP contribution in [-0.2, 0) is 11.2 Å². The van der Waals surface area contributed by atoms with Crippen LogP contribution in [0.1, 0.15) is 11.1 Å². The standard InChI is InChI=1S/C26H21N5O/c27-18-22(26(32)29-16-11-20-7-3-1-4-8-20)17-23-19-31(24-9-5-2-6-10-24)30-25(23)21-12-14-28-15-13-21/h1-10,12-15,17,19H,11,16H2,(H,29,32)/b22-17-. The Labute approximate surface area is 186 Å². The summed E-state index contributed by atoms with van der Waals surface area (Å²) in [6.45, 7) is 0.447. The molecule has 0 aliphatic rings. The summed E-state index contributed by atoms with van der Waals surface area (Å²) in [4.78, 5) is 16.7. The summed E-state index contributed by atoms with van der Waals surface area (Å²) in [6.07, 6.45) is 7.47. The highest BCUT2D eigenvalue weighted by molar-refractivity contribution is 6.02. The predicted molar refractivity (Wildman–Crippen MR) is 124 cm³/mol. The molecule has 0 radical (unpaired) electrons. The van der Waals surface area contributed by atoms with Crippen molar-refractivity contribution in [3.63, 3.8) is 0 Å². The van der Waals surface area contributed by atoms with E-state index < -0.39 is 5.91 Å². The fraction of sp³-hybridized carbons (Fsp3) is 0.0769. The van der Waals surface area contributed by atoms with E-state index in [9.17, 15) is 10.1 Å².